The second-order valence-electron chi connectivity index (χ2n) is 6.19. The maximum atomic E-state index is 12.2. The summed E-state index contributed by atoms with van der Waals surface area (Å²) in [6.07, 6.45) is 0. The molecule has 0 saturated heterocycles. The average Bonchev–Trinajstić information content (AvgIpc) is 2.54. The fourth-order valence-corrected chi connectivity index (χ4v) is 2.92. The van der Waals surface area contributed by atoms with Crippen molar-refractivity contribution in [2.24, 2.45) is 0 Å². The van der Waals surface area contributed by atoms with E-state index in [0.717, 1.165) is 5.56 Å². The van der Waals surface area contributed by atoms with Gasteiger partial charge in [0, 0.05) is 27.3 Å². The number of benzene rings is 2. The number of hydrogen-bond donors (Lipinski definition) is 3. The minimum absolute atomic E-state index is 0.0623. The summed E-state index contributed by atoms with van der Waals surface area (Å²) in [7, 11) is 0. The van der Waals surface area contributed by atoms with E-state index in [2.05, 4.69) is 16.0 Å². The highest BCUT2D eigenvalue weighted by atomic mass is 35.5. The predicted octanol–water partition coefficient (Wildman–Crippen LogP) is 5.01. The van der Waals surface area contributed by atoms with E-state index in [1.165, 1.54) is 0 Å². The molecule has 2 rings (SSSR count). The summed E-state index contributed by atoms with van der Waals surface area (Å²) in [6, 6.07) is 11.2. The van der Waals surface area contributed by atoms with Crippen molar-refractivity contribution >= 4 is 40.8 Å². The lowest BCUT2D eigenvalue weighted by Gasteiger charge is -2.16. The first-order valence-corrected chi connectivity index (χ1v) is 8.95. The molecule has 26 heavy (non-hydrogen) atoms. The van der Waals surface area contributed by atoms with Crippen molar-refractivity contribution in [1.82, 2.24) is 10.6 Å². The summed E-state index contributed by atoms with van der Waals surface area (Å²) in [5.41, 5.74) is 1.89. The number of carbonyl (C=O) groups is 2. The Bertz CT molecular complexity index is 792. The number of carbonyl (C=O) groups excluding carboxylic acids is 2. The van der Waals surface area contributed by atoms with Gasteiger partial charge in [-0.25, -0.2) is 4.79 Å². The lowest BCUT2D eigenvalue weighted by atomic mass is 10.1. The van der Waals surface area contributed by atoms with E-state index >= 15 is 0 Å². The highest BCUT2D eigenvalue weighted by Crippen LogP contribution is 2.26. The molecule has 138 valence electrons. The first kappa shape index (κ1) is 20.1. The number of rotatable bonds is 5. The van der Waals surface area contributed by atoms with Crippen molar-refractivity contribution in [3.05, 3.63) is 63.6 Å². The van der Waals surface area contributed by atoms with Crippen LogP contribution in [0.4, 0.5) is 10.5 Å². The molecule has 0 aliphatic heterocycles. The Hall–Kier alpha value is -2.24. The van der Waals surface area contributed by atoms with Crippen LogP contribution in [0.3, 0.4) is 0 Å². The van der Waals surface area contributed by atoms with Crippen LogP contribution in [-0.4, -0.2) is 18.0 Å². The van der Waals surface area contributed by atoms with Gasteiger partial charge in [0.05, 0.1) is 6.04 Å². The molecule has 5 nitrogen and oxygen atoms in total. The number of anilines is 1. The van der Waals surface area contributed by atoms with Gasteiger partial charge in [-0.15, -0.1) is 0 Å². The van der Waals surface area contributed by atoms with Gasteiger partial charge in [-0.05, 0) is 62.7 Å². The largest absolute Gasteiger partial charge is 0.350 e. The van der Waals surface area contributed by atoms with Crippen LogP contribution >= 0.6 is 23.2 Å². The molecule has 0 bridgehead atoms. The Kier molecular flexibility index (Phi) is 6.89. The van der Waals surface area contributed by atoms with Gasteiger partial charge in [-0.1, -0.05) is 29.3 Å². The molecular weight excluding hydrogens is 373 g/mol. The summed E-state index contributed by atoms with van der Waals surface area (Å²) in [4.78, 5) is 24.1. The van der Waals surface area contributed by atoms with Crippen LogP contribution in [-0.2, 0) is 0 Å². The number of hydrogen-bond acceptors (Lipinski definition) is 2. The molecule has 0 radical (unpaired) electrons. The topological polar surface area (TPSA) is 70.2 Å². The Balaban J connectivity index is 1.96. The first-order valence-electron chi connectivity index (χ1n) is 8.19. The van der Waals surface area contributed by atoms with E-state index in [1.807, 2.05) is 20.8 Å². The van der Waals surface area contributed by atoms with Gasteiger partial charge in [0.15, 0.2) is 0 Å². The lowest BCUT2D eigenvalue weighted by molar-refractivity contribution is 0.0943. The van der Waals surface area contributed by atoms with Crippen molar-refractivity contribution in [3.63, 3.8) is 0 Å². The monoisotopic (exact) mass is 393 g/mol. The molecule has 2 aromatic carbocycles. The molecule has 2 aromatic rings. The third kappa shape index (κ3) is 5.64. The van der Waals surface area contributed by atoms with E-state index in [0.29, 0.717) is 21.3 Å². The third-order valence-electron chi connectivity index (χ3n) is 3.60. The average molecular weight is 394 g/mol. The van der Waals surface area contributed by atoms with Crippen LogP contribution in [0.1, 0.15) is 42.7 Å². The summed E-state index contributed by atoms with van der Waals surface area (Å²) in [5.74, 6) is -0.151. The first-order chi connectivity index (χ1) is 12.3. The van der Waals surface area contributed by atoms with Gasteiger partial charge in [0.25, 0.3) is 5.91 Å². The molecule has 1 unspecified atom stereocenters. The highest BCUT2D eigenvalue weighted by molar-refractivity contribution is 6.35. The lowest BCUT2D eigenvalue weighted by Crippen LogP contribution is -2.31. The van der Waals surface area contributed by atoms with E-state index in [9.17, 15) is 9.59 Å². The molecule has 0 saturated carbocycles. The maximum Gasteiger partial charge on any atom is 0.319 e. The number of nitrogens with one attached hydrogen (secondary N) is 3. The Morgan fingerprint density at radius 3 is 2.15 bits per heavy atom. The van der Waals surface area contributed by atoms with Gasteiger partial charge < -0.3 is 16.0 Å². The van der Waals surface area contributed by atoms with Crippen LogP contribution in [0, 0.1) is 0 Å². The van der Waals surface area contributed by atoms with Gasteiger partial charge in [0.2, 0.25) is 0 Å². The van der Waals surface area contributed by atoms with E-state index in [-0.39, 0.29) is 24.0 Å². The van der Waals surface area contributed by atoms with Crippen LogP contribution < -0.4 is 16.0 Å². The van der Waals surface area contributed by atoms with Crippen LogP contribution in [0.25, 0.3) is 0 Å². The minimum atomic E-state index is -0.372. The summed E-state index contributed by atoms with van der Waals surface area (Å²) in [6.45, 7) is 5.62. The summed E-state index contributed by atoms with van der Waals surface area (Å²) in [5, 5.41) is 9.38. The van der Waals surface area contributed by atoms with E-state index < -0.39 is 0 Å². The van der Waals surface area contributed by atoms with Gasteiger partial charge >= 0.3 is 6.03 Å². The quantitative estimate of drug-likeness (QED) is 0.667. The van der Waals surface area contributed by atoms with Crippen molar-refractivity contribution in [1.29, 1.82) is 0 Å². The Morgan fingerprint density at radius 1 is 0.923 bits per heavy atom. The molecule has 0 fully saturated rings. The molecule has 3 amide bonds. The number of amides is 3. The molecule has 3 N–H and O–H groups in total. The molecule has 0 heterocycles. The molecule has 0 aromatic heterocycles. The highest BCUT2D eigenvalue weighted by Gasteiger charge is 2.13. The van der Waals surface area contributed by atoms with Crippen molar-refractivity contribution in [2.75, 3.05) is 5.32 Å². The molecule has 0 aliphatic carbocycles. The molecule has 1 atom stereocenters. The van der Waals surface area contributed by atoms with Crippen molar-refractivity contribution < 1.29 is 9.59 Å². The number of halogens is 2. The van der Waals surface area contributed by atoms with Gasteiger partial charge in [-0.2, -0.15) is 0 Å². The molecule has 7 heteroatoms. The van der Waals surface area contributed by atoms with Crippen molar-refractivity contribution in [2.45, 2.75) is 32.9 Å². The molecule has 0 aliphatic rings. The summed E-state index contributed by atoms with van der Waals surface area (Å²) >= 11 is 12.0. The fourth-order valence-electron chi connectivity index (χ4n) is 2.34. The fraction of sp³-hybridized carbons (Fsp3) is 0.263. The Labute approximate surface area is 163 Å². The summed E-state index contributed by atoms with van der Waals surface area (Å²) < 4.78 is 0. The van der Waals surface area contributed by atoms with Gasteiger partial charge in [0.1, 0.15) is 0 Å². The smallest absolute Gasteiger partial charge is 0.319 e. The second-order valence-corrected chi connectivity index (χ2v) is 7.04. The molecular formula is C19H21Cl2N3O2. The predicted molar refractivity (Wildman–Crippen MR) is 106 cm³/mol. The Morgan fingerprint density at radius 2 is 1.58 bits per heavy atom. The van der Waals surface area contributed by atoms with E-state index in [1.54, 1.807) is 42.5 Å². The van der Waals surface area contributed by atoms with Gasteiger partial charge in [-0.3, -0.25) is 4.79 Å². The maximum absolute atomic E-state index is 12.2. The minimum Gasteiger partial charge on any atom is -0.350 e. The number of urea groups is 1. The molecule has 0 spiro atoms. The second kappa shape index (κ2) is 8.92. The van der Waals surface area contributed by atoms with Crippen LogP contribution in [0.2, 0.25) is 10.0 Å². The SMILES string of the molecule is CC(C)NC(=O)c1ccc(NC(=O)NC(C)c2ccc(Cl)cc2Cl)cc1. The van der Waals surface area contributed by atoms with Crippen molar-refractivity contribution in [3.8, 4) is 0 Å². The third-order valence-corrected chi connectivity index (χ3v) is 4.16. The standard InChI is InChI=1S/C19H21Cl2N3O2/c1-11(2)22-18(25)13-4-7-15(8-5-13)24-19(26)23-12(3)16-9-6-14(20)10-17(16)21/h4-12H,1-3H3,(H,22,25)(H2,23,24,26). The zero-order chi connectivity index (χ0) is 19.3. The zero-order valence-electron chi connectivity index (χ0n) is 14.8. The van der Waals surface area contributed by atoms with Crippen LogP contribution in [0.5, 0.6) is 0 Å². The normalized spacial score (nSPS) is 11.8. The zero-order valence-corrected chi connectivity index (χ0v) is 16.3. The van der Waals surface area contributed by atoms with E-state index in [4.69, 9.17) is 23.2 Å². The van der Waals surface area contributed by atoms with Crippen LogP contribution in [0.15, 0.2) is 42.5 Å².